The average Bonchev–Trinajstić information content (AvgIpc) is 3.55. The van der Waals surface area contributed by atoms with Gasteiger partial charge in [0.05, 0.1) is 13.7 Å². The van der Waals surface area contributed by atoms with E-state index in [2.05, 4.69) is 52.4 Å². The van der Waals surface area contributed by atoms with E-state index in [9.17, 15) is 0 Å². The Balaban J connectivity index is 1.11. The third kappa shape index (κ3) is 4.75. The summed E-state index contributed by atoms with van der Waals surface area (Å²) in [6, 6.07) is 13.0. The van der Waals surface area contributed by atoms with Crippen LogP contribution in [-0.2, 0) is 4.74 Å². The van der Waals surface area contributed by atoms with E-state index in [-0.39, 0.29) is 0 Å². The van der Waals surface area contributed by atoms with Crippen molar-refractivity contribution in [3.05, 3.63) is 59.8 Å². The highest BCUT2D eigenvalue weighted by molar-refractivity contribution is 7.17. The van der Waals surface area contributed by atoms with E-state index in [1.165, 1.54) is 15.8 Å². The van der Waals surface area contributed by atoms with E-state index < -0.39 is 0 Å². The molecule has 0 bridgehead atoms. The summed E-state index contributed by atoms with van der Waals surface area (Å²) in [6.07, 6.45) is 4.62. The fourth-order valence-electron chi connectivity index (χ4n) is 4.60. The van der Waals surface area contributed by atoms with Gasteiger partial charge in [-0.15, -0.1) is 11.3 Å². The number of anilines is 2. The molecule has 0 radical (unpaired) electrons. The Morgan fingerprint density at radius 2 is 1.97 bits per heavy atom. The molecule has 1 aromatic heterocycles. The van der Waals surface area contributed by atoms with E-state index in [4.69, 9.17) is 14.2 Å². The maximum Gasteiger partial charge on any atom is 0.164 e. The fourth-order valence-corrected chi connectivity index (χ4v) is 5.41. The van der Waals surface area contributed by atoms with Crippen LogP contribution in [0.25, 0.3) is 10.1 Å². The van der Waals surface area contributed by atoms with Gasteiger partial charge in [-0.25, -0.2) is 0 Å². The van der Waals surface area contributed by atoms with Gasteiger partial charge in [-0.3, -0.25) is 4.90 Å². The number of piperazine rings is 1. The molecule has 174 valence electrons. The highest BCUT2D eigenvalue weighted by Crippen LogP contribution is 2.36. The van der Waals surface area contributed by atoms with Gasteiger partial charge in [-0.05, 0) is 48.6 Å². The number of hydrogen-bond donors (Lipinski definition) is 0. The van der Waals surface area contributed by atoms with Gasteiger partial charge in [0.2, 0.25) is 0 Å². The molecule has 0 spiro atoms. The lowest BCUT2D eigenvalue weighted by Crippen LogP contribution is -2.46. The van der Waals surface area contributed by atoms with E-state index >= 15 is 0 Å². The van der Waals surface area contributed by atoms with Crippen LogP contribution in [0.3, 0.4) is 0 Å². The average molecular weight is 466 g/mol. The molecular weight excluding hydrogens is 434 g/mol. The summed E-state index contributed by atoms with van der Waals surface area (Å²) >= 11 is 1.82. The SMILES string of the molecule is COc1cc(N2C=COC2)cc(C)c1OCCCN1CCN(c2cccc3sccc23)CC1. The van der Waals surface area contributed by atoms with Crippen LogP contribution < -0.4 is 19.3 Å². The molecule has 33 heavy (non-hydrogen) atoms. The summed E-state index contributed by atoms with van der Waals surface area (Å²) in [4.78, 5) is 7.11. The molecule has 3 heterocycles. The molecule has 0 amide bonds. The minimum absolute atomic E-state index is 0.526. The zero-order chi connectivity index (χ0) is 22.6. The van der Waals surface area contributed by atoms with Crippen molar-refractivity contribution >= 4 is 32.8 Å². The summed E-state index contributed by atoms with van der Waals surface area (Å²) in [5.74, 6) is 1.60. The first-order valence-corrected chi connectivity index (χ1v) is 12.4. The molecule has 0 N–H and O–H groups in total. The minimum Gasteiger partial charge on any atom is -0.493 e. The molecule has 7 heteroatoms. The Morgan fingerprint density at radius 3 is 2.76 bits per heavy atom. The number of rotatable bonds is 8. The molecule has 1 fully saturated rings. The Bertz CT molecular complexity index is 1120. The fraction of sp³-hybridized carbons (Fsp3) is 0.385. The van der Waals surface area contributed by atoms with Crippen LogP contribution in [0, 0.1) is 6.92 Å². The number of thiophene rings is 1. The van der Waals surface area contributed by atoms with Crippen molar-refractivity contribution in [3.8, 4) is 11.5 Å². The van der Waals surface area contributed by atoms with Gasteiger partial charge in [0.1, 0.15) is 6.26 Å². The highest BCUT2D eigenvalue weighted by Gasteiger charge is 2.19. The smallest absolute Gasteiger partial charge is 0.164 e. The van der Waals surface area contributed by atoms with Crippen LogP contribution in [0.15, 0.2) is 54.2 Å². The van der Waals surface area contributed by atoms with Crippen molar-refractivity contribution in [3.63, 3.8) is 0 Å². The largest absolute Gasteiger partial charge is 0.493 e. The third-order valence-corrected chi connectivity index (χ3v) is 7.26. The Labute approximate surface area is 199 Å². The highest BCUT2D eigenvalue weighted by atomic mass is 32.1. The van der Waals surface area contributed by atoms with E-state index in [1.54, 1.807) is 13.4 Å². The molecule has 6 nitrogen and oxygen atoms in total. The monoisotopic (exact) mass is 465 g/mol. The van der Waals surface area contributed by atoms with Crippen molar-refractivity contribution in [2.75, 3.05) is 63.0 Å². The quantitative estimate of drug-likeness (QED) is 0.432. The van der Waals surface area contributed by atoms with Gasteiger partial charge < -0.3 is 24.0 Å². The van der Waals surface area contributed by atoms with Crippen LogP contribution in [0.1, 0.15) is 12.0 Å². The molecule has 0 atom stereocenters. The molecule has 1 saturated heterocycles. The predicted octanol–water partition coefficient (Wildman–Crippen LogP) is 5.07. The maximum absolute atomic E-state index is 6.17. The third-order valence-electron chi connectivity index (χ3n) is 6.38. The molecule has 2 aromatic carbocycles. The van der Waals surface area contributed by atoms with Crippen LogP contribution in [-0.4, -0.2) is 58.1 Å². The lowest BCUT2D eigenvalue weighted by molar-refractivity contribution is 0.221. The van der Waals surface area contributed by atoms with Crippen molar-refractivity contribution in [1.82, 2.24) is 4.90 Å². The predicted molar refractivity (Wildman–Crippen MR) is 136 cm³/mol. The molecule has 2 aliphatic heterocycles. The summed E-state index contributed by atoms with van der Waals surface area (Å²) < 4.78 is 18.5. The Hall–Kier alpha value is -2.90. The lowest BCUT2D eigenvalue weighted by Gasteiger charge is -2.36. The number of hydrogen-bond acceptors (Lipinski definition) is 7. The number of fused-ring (bicyclic) bond motifs is 1. The molecule has 0 aliphatic carbocycles. The van der Waals surface area contributed by atoms with Crippen LogP contribution in [0.2, 0.25) is 0 Å². The van der Waals surface area contributed by atoms with Gasteiger partial charge in [-0.2, -0.15) is 0 Å². The van der Waals surface area contributed by atoms with Crippen LogP contribution in [0.5, 0.6) is 11.5 Å². The van der Waals surface area contributed by atoms with Gasteiger partial charge >= 0.3 is 0 Å². The van der Waals surface area contributed by atoms with E-state index in [1.807, 2.05) is 28.5 Å². The van der Waals surface area contributed by atoms with Crippen LogP contribution >= 0.6 is 11.3 Å². The summed E-state index contributed by atoms with van der Waals surface area (Å²) in [6.45, 7) is 8.63. The second kappa shape index (κ2) is 9.93. The van der Waals surface area contributed by atoms with Gasteiger partial charge in [0, 0.05) is 66.5 Å². The number of methoxy groups -OCH3 is 1. The zero-order valence-corrected chi connectivity index (χ0v) is 20.1. The zero-order valence-electron chi connectivity index (χ0n) is 19.3. The minimum atomic E-state index is 0.526. The lowest BCUT2D eigenvalue weighted by atomic mass is 10.1. The van der Waals surface area contributed by atoms with E-state index in [0.29, 0.717) is 13.3 Å². The van der Waals surface area contributed by atoms with Crippen molar-refractivity contribution in [1.29, 1.82) is 0 Å². The standard InChI is InChI=1S/C26H31N3O3S/c1-20-17-21(29-13-15-31-19-29)18-24(30-2)26(20)32-14-4-8-27-9-11-28(12-10-27)23-5-3-6-25-22(23)7-16-33-25/h3,5-7,13,15-18H,4,8-12,14,19H2,1-2H3. The molecule has 0 unspecified atom stereocenters. The second-order valence-electron chi connectivity index (χ2n) is 8.49. The van der Waals surface area contributed by atoms with Crippen molar-refractivity contribution in [2.45, 2.75) is 13.3 Å². The van der Waals surface area contributed by atoms with E-state index in [0.717, 1.165) is 61.9 Å². The van der Waals surface area contributed by atoms with Gasteiger partial charge in [0.25, 0.3) is 0 Å². The first kappa shape index (κ1) is 21.9. The summed E-state index contributed by atoms with van der Waals surface area (Å²) in [5, 5.41) is 3.57. The summed E-state index contributed by atoms with van der Waals surface area (Å²) in [7, 11) is 1.69. The van der Waals surface area contributed by atoms with Crippen molar-refractivity contribution < 1.29 is 14.2 Å². The molecule has 3 aromatic rings. The number of nitrogens with zero attached hydrogens (tertiary/aromatic N) is 3. The first-order chi connectivity index (χ1) is 16.2. The molecule has 0 saturated carbocycles. The molecule has 5 rings (SSSR count). The molecule has 2 aliphatic rings. The normalized spacial score (nSPS) is 16.4. The summed E-state index contributed by atoms with van der Waals surface area (Å²) in [5.41, 5.74) is 3.49. The molecular formula is C26H31N3O3S. The van der Waals surface area contributed by atoms with Gasteiger partial charge in [0.15, 0.2) is 18.2 Å². The topological polar surface area (TPSA) is 37.4 Å². The Morgan fingerprint density at radius 1 is 1.09 bits per heavy atom. The maximum atomic E-state index is 6.17. The first-order valence-electron chi connectivity index (χ1n) is 11.5. The Kier molecular flexibility index (Phi) is 6.60. The van der Waals surface area contributed by atoms with Crippen molar-refractivity contribution in [2.24, 2.45) is 0 Å². The number of aryl methyl sites for hydroxylation is 1. The van der Waals surface area contributed by atoms with Crippen LogP contribution in [0.4, 0.5) is 11.4 Å². The number of benzene rings is 2. The number of ether oxygens (including phenoxy) is 3. The second-order valence-corrected chi connectivity index (χ2v) is 9.43. The van der Waals surface area contributed by atoms with Gasteiger partial charge in [-0.1, -0.05) is 6.07 Å².